The van der Waals surface area contributed by atoms with E-state index in [2.05, 4.69) is 69.9 Å². The fraction of sp³-hybridized carbons (Fsp3) is 0.259. The monoisotopic (exact) mass is 482 g/mol. The minimum Gasteiger partial charge on any atom is -0.390 e. The van der Waals surface area contributed by atoms with E-state index in [4.69, 9.17) is 10.7 Å². The van der Waals surface area contributed by atoms with Gasteiger partial charge < -0.3 is 21.5 Å². The number of pyridine rings is 1. The summed E-state index contributed by atoms with van der Waals surface area (Å²) in [5, 5.41) is 22.1. The predicted octanol–water partition coefficient (Wildman–Crippen LogP) is 3.81. The van der Waals surface area contributed by atoms with E-state index in [0.717, 1.165) is 38.9 Å². The van der Waals surface area contributed by atoms with Crippen LogP contribution in [0.15, 0.2) is 66.9 Å². The molecule has 0 saturated heterocycles. The van der Waals surface area contributed by atoms with Gasteiger partial charge in [0.1, 0.15) is 0 Å². The van der Waals surface area contributed by atoms with Gasteiger partial charge >= 0.3 is 0 Å². The zero-order valence-electron chi connectivity index (χ0n) is 20.4. The first-order valence-electron chi connectivity index (χ1n) is 12.1. The molecular formula is C27H30N8O. The number of nitrogens with two attached hydrogens (primary N) is 1. The molecule has 0 aliphatic heterocycles. The maximum atomic E-state index is 9.88. The van der Waals surface area contributed by atoms with Crippen LogP contribution in [-0.4, -0.2) is 48.9 Å². The molecule has 36 heavy (non-hydrogen) atoms. The molecule has 3 heterocycles. The van der Waals surface area contributed by atoms with E-state index in [1.165, 1.54) is 0 Å². The van der Waals surface area contributed by atoms with Gasteiger partial charge in [0.05, 0.1) is 23.5 Å². The number of hydrogen-bond acceptors (Lipinski definition) is 8. The molecule has 9 heteroatoms. The average Bonchev–Trinajstić information content (AvgIpc) is 3.35. The van der Waals surface area contributed by atoms with Gasteiger partial charge in [0.25, 0.3) is 0 Å². The van der Waals surface area contributed by atoms with E-state index in [-0.39, 0.29) is 19.0 Å². The number of aromatic nitrogens is 5. The summed E-state index contributed by atoms with van der Waals surface area (Å²) in [5.41, 5.74) is 11.3. The lowest BCUT2D eigenvalue weighted by atomic mass is 10.0. The van der Waals surface area contributed by atoms with Crippen LogP contribution in [0.25, 0.3) is 27.8 Å². The number of rotatable bonds is 9. The van der Waals surface area contributed by atoms with Crippen molar-refractivity contribution in [3.05, 3.63) is 78.0 Å². The Balaban J connectivity index is 1.47. The fourth-order valence-electron chi connectivity index (χ4n) is 4.10. The third-order valence-corrected chi connectivity index (χ3v) is 6.11. The maximum absolute atomic E-state index is 9.88. The van der Waals surface area contributed by atoms with Gasteiger partial charge in [-0.1, -0.05) is 62.4 Å². The minimum atomic E-state index is -0.683. The van der Waals surface area contributed by atoms with Gasteiger partial charge in [0.2, 0.25) is 11.9 Å². The van der Waals surface area contributed by atoms with Crippen molar-refractivity contribution in [2.45, 2.75) is 32.4 Å². The second-order valence-corrected chi connectivity index (χ2v) is 9.03. The molecule has 0 saturated carbocycles. The molecule has 0 aliphatic rings. The lowest BCUT2D eigenvalue weighted by Gasteiger charge is -2.14. The Morgan fingerprint density at radius 1 is 0.944 bits per heavy atom. The van der Waals surface area contributed by atoms with Crippen molar-refractivity contribution in [3.63, 3.8) is 0 Å². The Labute approximate surface area is 209 Å². The molecule has 3 aromatic heterocycles. The molecule has 1 atom stereocenters. The number of aliphatic hydroxyl groups is 1. The lowest BCUT2D eigenvalue weighted by molar-refractivity contribution is 0.196. The minimum absolute atomic E-state index is 0.157. The van der Waals surface area contributed by atoms with Gasteiger partial charge in [-0.15, -0.1) is 0 Å². The number of hydrogen-bond donors (Lipinski definition) is 4. The van der Waals surface area contributed by atoms with Gasteiger partial charge in [-0.2, -0.15) is 19.6 Å². The Hall–Kier alpha value is -4.08. The number of aliphatic hydroxyl groups excluding tert-OH is 1. The SMILES string of the molecule is CC(C)c1cnn2c(NCc3ccccc3-c3ccc4ccccc4n3)nc(NC[C@@H](O)CN)nc12. The molecule has 9 nitrogen and oxygen atoms in total. The molecule has 184 valence electrons. The number of nitrogens with zero attached hydrogens (tertiary/aromatic N) is 5. The van der Waals surface area contributed by atoms with Crippen molar-refractivity contribution in [1.29, 1.82) is 0 Å². The molecule has 0 fully saturated rings. The smallest absolute Gasteiger partial charge is 0.229 e. The van der Waals surface area contributed by atoms with Crippen LogP contribution < -0.4 is 16.4 Å². The summed E-state index contributed by atoms with van der Waals surface area (Å²) in [5.74, 6) is 1.20. The van der Waals surface area contributed by atoms with Crippen LogP contribution >= 0.6 is 0 Å². The molecule has 0 amide bonds. The predicted molar refractivity (Wildman–Crippen MR) is 143 cm³/mol. The third kappa shape index (κ3) is 4.84. The van der Waals surface area contributed by atoms with E-state index in [9.17, 15) is 5.11 Å². The Bertz CT molecular complexity index is 1500. The lowest BCUT2D eigenvalue weighted by Crippen LogP contribution is -2.28. The number of nitrogens with one attached hydrogen (secondary N) is 2. The summed E-state index contributed by atoms with van der Waals surface area (Å²) in [6.07, 6.45) is 1.14. The molecule has 2 aromatic carbocycles. The number of benzene rings is 2. The van der Waals surface area contributed by atoms with E-state index in [0.29, 0.717) is 18.4 Å². The average molecular weight is 483 g/mol. The standard InChI is InChI=1S/C27H30N8O/c1-17(2)22-16-31-35-25(22)33-26(29-15-20(36)13-28)34-27(35)30-14-19-8-3-5-9-21(19)24-12-11-18-7-4-6-10-23(18)32-24/h3-12,16-17,20,36H,13-15,28H2,1-2H3,(H2,29,30,33,34)/t20-/m0/s1. The number of fused-ring (bicyclic) bond motifs is 2. The molecule has 5 N–H and O–H groups in total. The van der Waals surface area contributed by atoms with Crippen LogP contribution in [0.3, 0.4) is 0 Å². The van der Waals surface area contributed by atoms with E-state index in [1.54, 1.807) is 4.52 Å². The molecule has 0 unspecified atom stereocenters. The second-order valence-electron chi connectivity index (χ2n) is 9.03. The highest BCUT2D eigenvalue weighted by Gasteiger charge is 2.16. The first-order chi connectivity index (χ1) is 17.5. The topological polar surface area (TPSA) is 126 Å². The Morgan fingerprint density at radius 2 is 1.75 bits per heavy atom. The molecular weight excluding hydrogens is 452 g/mol. The van der Waals surface area contributed by atoms with Gasteiger partial charge in [0.15, 0.2) is 5.65 Å². The molecule has 0 radical (unpaired) electrons. The van der Waals surface area contributed by atoms with Crippen LogP contribution in [0, 0.1) is 0 Å². The molecule has 5 rings (SSSR count). The first-order valence-corrected chi connectivity index (χ1v) is 12.1. The molecule has 0 aliphatic carbocycles. The quantitative estimate of drug-likeness (QED) is 0.250. The van der Waals surface area contributed by atoms with Crippen LogP contribution in [0.2, 0.25) is 0 Å². The van der Waals surface area contributed by atoms with Crippen molar-refractivity contribution in [2.24, 2.45) is 5.73 Å². The third-order valence-electron chi connectivity index (χ3n) is 6.11. The normalized spacial score (nSPS) is 12.4. The first kappa shape index (κ1) is 23.7. The van der Waals surface area contributed by atoms with Crippen molar-refractivity contribution < 1.29 is 5.11 Å². The van der Waals surface area contributed by atoms with Gasteiger partial charge in [-0.3, -0.25) is 0 Å². The summed E-state index contributed by atoms with van der Waals surface area (Å²) in [6, 6.07) is 20.5. The van der Waals surface area contributed by atoms with Crippen LogP contribution in [0.4, 0.5) is 11.9 Å². The zero-order valence-corrected chi connectivity index (χ0v) is 20.4. The second kappa shape index (κ2) is 10.3. The van der Waals surface area contributed by atoms with Crippen molar-refractivity contribution in [1.82, 2.24) is 24.6 Å². The Kier molecular flexibility index (Phi) is 6.75. The zero-order chi connectivity index (χ0) is 25.1. The largest absolute Gasteiger partial charge is 0.390 e. The van der Waals surface area contributed by atoms with E-state index >= 15 is 0 Å². The van der Waals surface area contributed by atoms with Crippen LogP contribution in [0.1, 0.15) is 30.9 Å². The summed E-state index contributed by atoms with van der Waals surface area (Å²) in [4.78, 5) is 14.2. The van der Waals surface area contributed by atoms with E-state index < -0.39 is 6.10 Å². The highest BCUT2D eigenvalue weighted by atomic mass is 16.3. The summed E-state index contributed by atoms with van der Waals surface area (Å²) in [6.45, 7) is 5.13. The van der Waals surface area contributed by atoms with Gasteiger partial charge in [-0.25, -0.2) is 4.98 Å². The summed E-state index contributed by atoms with van der Waals surface area (Å²) >= 11 is 0. The molecule has 5 aromatic rings. The van der Waals surface area contributed by atoms with Crippen LogP contribution in [0.5, 0.6) is 0 Å². The maximum Gasteiger partial charge on any atom is 0.229 e. The van der Waals surface area contributed by atoms with Crippen molar-refractivity contribution in [2.75, 3.05) is 23.7 Å². The summed E-state index contributed by atoms with van der Waals surface area (Å²) in [7, 11) is 0. The molecule has 0 spiro atoms. The van der Waals surface area contributed by atoms with Gasteiger partial charge in [-0.05, 0) is 23.6 Å². The van der Waals surface area contributed by atoms with Crippen molar-refractivity contribution >= 4 is 28.4 Å². The highest BCUT2D eigenvalue weighted by Crippen LogP contribution is 2.26. The van der Waals surface area contributed by atoms with E-state index in [1.807, 2.05) is 36.5 Å². The fourth-order valence-corrected chi connectivity index (χ4v) is 4.10. The summed E-state index contributed by atoms with van der Waals surface area (Å²) < 4.78 is 1.72. The van der Waals surface area contributed by atoms with Crippen molar-refractivity contribution in [3.8, 4) is 11.3 Å². The molecule has 0 bridgehead atoms. The Morgan fingerprint density at radius 3 is 2.58 bits per heavy atom. The van der Waals surface area contributed by atoms with Crippen LogP contribution in [-0.2, 0) is 6.54 Å². The highest BCUT2D eigenvalue weighted by molar-refractivity contribution is 5.82. The number of anilines is 2. The van der Waals surface area contributed by atoms with Gasteiger partial charge in [0, 0.05) is 36.1 Å². The number of para-hydroxylation sites is 1.